The zero-order valence-corrected chi connectivity index (χ0v) is 11.0. The number of Topliss-reactive ketones (excluding diaryl/α,β-unsaturated/α-hetero) is 1. The van der Waals surface area contributed by atoms with Gasteiger partial charge in [0.1, 0.15) is 18.8 Å². The van der Waals surface area contributed by atoms with E-state index >= 15 is 0 Å². The molecule has 0 aliphatic rings. The molecule has 1 aromatic rings. The highest BCUT2D eigenvalue weighted by molar-refractivity contribution is 5.81. The van der Waals surface area contributed by atoms with Crippen LogP contribution in [0.5, 0.6) is 0 Å². The molecular formula is C12H21N3O2. The van der Waals surface area contributed by atoms with Crippen molar-refractivity contribution in [2.45, 2.75) is 46.8 Å². The summed E-state index contributed by atoms with van der Waals surface area (Å²) in [5.74, 6) is 1.24. The van der Waals surface area contributed by atoms with Crippen molar-refractivity contribution in [1.29, 1.82) is 0 Å². The van der Waals surface area contributed by atoms with Crippen LogP contribution in [0.1, 0.15) is 33.5 Å². The van der Waals surface area contributed by atoms with E-state index in [9.17, 15) is 4.79 Å². The Labute approximate surface area is 102 Å². The minimum absolute atomic E-state index is 0.0386. The van der Waals surface area contributed by atoms with Gasteiger partial charge in [0, 0.05) is 6.54 Å². The van der Waals surface area contributed by atoms with Crippen molar-refractivity contribution in [3.63, 3.8) is 0 Å². The maximum atomic E-state index is 11.6. The molecule has 1 aromatic heterocycles. The lowest BCUT2D eigenvalue weighted by atomic mass is 10.2. The summed E-state index contributed by atoms with van der Waals surface area (Å²) in [6, 6.07) is 0. The standard InChI is InChI=1S/C12H21N3O2/c1-9(2)6-15-12(13-8-14-15)5-11(16)7-17-10(3)4/h8-10H,5-7H2,1-4H3. The van der Waals surface area contributed by atoms with Crippen LogP contribution in [0, 0.1) is 5.92 Å². The first-order valence-electron chi connectivity index (χ1n) is 5.99. The van der Waals surface area contributed by atoms with Crippen molar-refractivity contribution in [3.05, 3.63) is 12.2 Å². The van der Waals surface area contributed by atoms with Gasteiger partial charge in [0.2, 0.25) is 0 Å². The maximum Gasteiger partial charge on any atom is 0.166 e. The number of nitrogens with zero attached hydrogens (tertiary/aromatic N) is 3. The molecular weight excluding hydrogens is 218 g/mol. The number of ether oxygens (including phenoxy) is 1. The van der Waals surface area contributed by atoms with Gasteiger partial charge < -0.3 is 4.74 Å². The molecule has 0 bridgehead atoms. The zero-order chi connectivity index (χ0) is 12.8. The highest BCUT2D eigenvalue weighted by Crippen LogP contribution is 2.03. The minimum atomic E-state index is 0.0386. The molecule has 0 N–H and O–H groups in total. The second kappa shape index (κ2) is 6.49. The lowest BCUT2D eigenvalue weighted by Gasteiger charge is -2.09. The smallest absolute Gasteiger partial charge is 0.166 e. The first kappa shape index (κ1) is 13.8. The Hall–Kier alpha value is -1.23. The summed E-state index contributed by atoms with van der Waals surface area (Å²) in [7, 11) is 0. The van der Waals surface area contributed by atoms with E-state index in [2.05, 4.69) is 23.9 Å². The third kappa shape index (κ3) is 5.08. The van der Waals surface area contributed by atoms with Crippen molar-refractivity contribution in [2.24, 2.45) is 5.92 Å². The summed E-state index contributed by atoms with van der Waals surface area (Å²) in [5.41, 5.74) is 0. The molecule has 0 radical (unpaired) electrons. The van der Waals surface area contributed by atoms with Gasteiger partial charge in [-0.25, -0.2) is 9.67 Å². The molecule has 96 valence electrons. The minimum Gasteiger partial charge on any atom is -0.371 e. The van der Waals surface area contributed by atoms with Gasteiger partial charge in [-0.3, -0.25) is 4.79 Å². The first-order valence-corrected chi connectivity index (χ1v) is 5.99. The fourth-order valence-electron chi connectivity index (χ4n) is 1.41. The molecule has 1 heterocycles. The van der Waals surface area contributed by atoms with Crippen molar-refractivity contribution < 1.29 is 9.53 Å². The number of rotatable bonds is 7. The van der Waals surface area contributed by atoms with Crippen molar-refractivity contribution in [1.82, 2.24) is 14.8 Å². The van der Waals surface area contributed by atoms with Crippen LogP contribution < -0.4 is 0 Å². The Morgan fingerprint density at radius 2 is 2.12 bits per heavy atom. The number of ketones is 1. The predicted molar refractivity (Wildman–Crippen MR) is 64.7 cm³/mol. The van der Waals surface area contributed by atoms with Gasteiger partial charge in [0.05, 0.1) is 12.5 Å². The summed E-state index contributed by atoms with van der Waals surface area (Å²) in [6.45, 7) is 8.97. The monoisotopic (exact) mass is 239 g/mol. The molecule has 0 atom stereocenters. The summed E-state index contributed by atoms with van der Waals surface area (Å²) in [5, 5.41) is 4.12. The molecule has 5 heteroatoms. The van der Waals surface area contributed by atoms with Crippen LogP contribution in [0.25, 0.3) is 0 Å². The first-order chi connectivity index (χ1) is 7.99. The third-order valence-electron chi connectivity index (χ3n) is 2.17. The normalized spacial score (nSPS) is 11.4. The van der Waals surface area contributed by atoms with Crippen LogP contribution in [0.3, 0.4) is 0 Å². The van der Waals surface area contributed by atoms with Gasteiger partial charge in [-0.1, -0.05) is 13.8 Å². The number of hydrogen-bond acceptors (Lipinski definition) is 4. The quantitative estimate of drug-likeness (QED) is 0.723. The number of carbonyl (C=O) groups excluding carboxylic acids is 1. The Morgan fingerprint density at radius 1 is 1.41 bits per heavy atom. The molecule has 0 unspecified atom stereocenters. The molecule has 0 aliphatic carbocycles. The van der Waals surface area contributed by atoms with Crippen molar-refractivity contribution in [3.8, 4) is 0 Å². The summed E-state index contributed by atoms with van der Waals surface area (Å²) < 4.78 is 7.06. The molecule has 17 heavy (non-hydrogen) atoms. The second-order valence-electron chi connectivity index (χ2n) is 4.83. The van der Waals surface area contributed by atoms with Crippen molar-refractivity contribution >= 4 is 5.78 Å². The lowest BCUT2D eigenvalue weighted by molar-refractivity contribution is -0.124. The van der Waals surface area contributed by atoms with E-state index in [-0.39, 0.29) is 18.5 Å². The molecule has 0 spiro atoms. The van der Waals surface area contributed by atoms with E-state index in [1.54, 1.807) is 4.68 Å². The highest BCUT2D eigenvalue weighted by Gasteiger charge is 2.11. The Balaban J connectivity index is 2.50. The van der Waals surface area contributed by atoms with E-state index in [4.69, 9.17) is 4.74 Å². The van der Waals surface area contributed by atoms with Crippen LogP contribution in [0.2, 0.25) is 0 Å². The molecule has 0 fully saturated rings. The fraction of sp³-hybridized carbons (Fsp3) is 0.750. The van der Waals surface area contributed by atoms with E-state index in [1.807, 2.05) is 13.8 Å². The lowest BCUT2D eigenvalue weighted by Crippen LogP contribution is -2.19. The van der Waals surface area contributed by atoms with E-state index < -0.39 is 0 Å². The summed E-state index contributed by atoms with van der Waals surface area (Å²) in [6.07, 6.45) is 1.86. The van der Waals surface area contributed by atoms with Gasteiger partial charge in [-0.05, 0) is 19.8 Å². The van der Waals surface area contributed by atoms with Crippen LogP contribution in [-0.2, 0) is 22.5 Å². The summed E-state index contributed by atoms with van der Waals surface area (Å²) in [4.78, 5) is 15.8. The SMILES string of the molecule is CC(C)Cn1ncnc1CC(=O)COC(C)C. The van der Waals surface area contributed by atoms with Crippen LogP contribution in [0.4, 0.5) is 0 Å². The maximum absolute atomic E-state index is 11.6. The fourth-order valence-corrected chi connectivity index (χ4v) is 1.41. The number of carbonyl (C=O) groups is 1. The van der Waals surface area contributed by atoms with E-state index in [1.165, 1.54) is 6.33 Å². The number of aromatic nitrogens is 3. The van der Waals surface area contributed by atoms with Gasteiger partial charge in [0.15, 0.2) is 5.78 Å². The van der Waals surface area contributed by atoms with Crippen LogP contribution in [-0.4, -0.2) is 33.3 Å². The van der Waals surface area contributed by atoms with Gasteiger partial charge in [-0.2, -0.15) is 5.10 Å². The predicted octanol–water partition coefficient (Wildman–Crippen LogP) is 1.47. The van der Waals surface area contributed by atoms with Gasteiger partial charge in [-0.15, -0.1) is 0 Å². The second-order valence-corrected chi connectivity index (χ2v) is 4.83. The van der Waals surface area contributed by atoms with E-state index in [0.717, 1.165) is 12.4 Å². The number of hydrogen-bond donors (Lipinski definition) is 0. The molecule has 0 aromatic carbocycles. The molecule has 0 amide bonds. The Morgan fingerprint density at radius 3 is 2.71 bits per heavy atom. The Kier molecular flexibility index (Phi) is 5.28. The van der Waals surface area contributed by atoms with Gasteiger partial charge in [0.25, 0.3) is 0 Å². The van der Waals surface area contributed by atoms with E-state index in [0.29, 0.717) is 12.3 Å². The van der Waals surface area contributed by atoms with Crippen LogP contribution in [0.15, 0.2) is 6.33 Å². The summed E-state index contributed by atoms with van der Waals surface area (Å²) >= 11 is 0. The Bertz CT molecular complexity index is 358. The average molecular weight is 239 g/mol. The largest absolute Gasteiger partial charge is 0.371 e. The third-order valence-corrected chi connectivity index (χ3v) is 2.17. The molecule has 1 rings (SSSR count). The topological polar surface area (TPSA) is 57.0 Å². The highest BCUT2D eigenvalue weighted by atomic mass is 16.5. The molecule has 0 aliphatic heterocycles. The zero-order valence-electron chi connectivity index (χ0n) is 11.0. The van der Waals surface area contributed by atoms with Gasteiger partial charge >= 0.3 is 0 Å². The van der Waals surface area contributed by atoms with Crippen molar-refractivity contribution in [2.75, 3.05) is 6.61 Å². The molecule has 5 nitrogen and oxygen atoms in total. The van der Waals surface area contributed by atoms with Crippen LogP contribution >= 0.6 is 0 Å². The molecule has 0 saturated carbocycles. The molecule has 0 saturated heterocycles. The average Bonchev–Trinajstić information content (AvgIpc) is 2.62.